The highest BCUT2D eigenvalue weighted by molar-refractivity contribution is 7.23. The third kappa shape index (κ3) is 5.21. The van der Waals surface area contributed by atoms with E-state index in [9.17, 15) is 27.6 Å². The molecule has 1 amide bonds. The third-order valence-electron chi connectivity index (χ3n) is 10.2. The number of nitriles is 1. The Hall–Kier alpha value is -4.00. The Labute approximate surface area is 286 Å². The molecule has 8 rings (SSSR count). The van der Waals surface area contributed by atoms with Gasteiger partial charge in [-0.1, -0.05) is 17.7 Å². The van der Waals surface area contributed by atoms with Crippen molar-refractivity contribution in [2.45, 2.75) is 49.7 Å². The van der Waals surface area contributed by atoms with Crippen molar-refractivity contribution in [2.24, 2.45) is 5.92 Å². The summed E-state index contributed by atoms with van der Waals surface area (Å²) in [6, 6.07) is 5.69. The van der Waals surface area contributed by atoms with Gasteiger partial charge in [0, 0.05) is 48.8 Å². The number of halogens is 6. The normalized spacial score (nSPS) is 24.8. The minimum absolute atomic E-state index is 0.0140. The molecule has 2 aromatic heterocycles. The van der Waals surface area contributed by atoms with Gasteiger partial charge in [0.25, 0.3) is 5.92 Å². The van der Waals surface area contributed by atoms with Gasteiger partial charge in [-0.15, -0.1) is 11.3 Å². The number of nitrogen functional groups attached to an aromatic ring is 1. The Balaban J connectivity index is 1.25. The number of amides is 1. The average molecular weight is 718 g/mol. The number of benzene rings is 2. The quantitative estimate of drug-likeness (QED) is 0.225. The van der Waals surface area contributed by atoms with E-state index in [0.717, 1.165) is 30.4 Å². The first-order valence-electron chi connectivity index (χ1n) is 15.9. The summed E-state index contributed by atoms with van der Waals surface area (Å²) in [5, 5.41) is 10.1. The van der Waals surface area contributed by atoms with Crippen LogP contribution in [0, 0.1) is 28.9 Å². The molecule has 0 bridgehead atoms. The first kappa shape index (κ1) is 32.2. The summed E-state index contributed by atoms with van der Waals surface area (Å²) in [5.74, 6) is -6.44. The SMILES string of the molecule is N#Cc1c(N)sc2c(F)ccc(-c3c(Cl)cc4c(N5CCCN(C(=O)C6CC6(F)F)C5)nc(OC[C@@]56CCCN5C[C@H](F)C6)nc4c3F)c12. The number of nitrogens with two attached hydrogens (primary N) is 1. The fourth-order valence-electron chi connectivity index (χ4n) is 7.72. The van der Waals surface area contributed by atoms with Crippen molar-refractivity contribution < 1.29 is 31.5 Å². The monoisotopic (exact) mass is 717 g/mol. The molecular formula is C33H29ClF5N7O2S. The van der Waals surface area contributed by atoms with Gasteiger partial charge in [-0.3, -0.25) is 9.69 Å². The molecule has 1 aliphatic carbocycles. The zero-order valence-corrected chi connectivity index (χ0v) is 27.5. The molecule has 4 fully saturated rings. The van der Waals surface area contributed by atoms with E-state index in [2.05, 4.69) is 14.9 Å². The van der Waals surface area contributed by atoms with Crippen molar-refractivity contribution in [1.29, 1.82) is 5.26 Å². The number of ether oxygens (including phenoxy) is 1. The summed E-state index contributed by atoms with van der Waals surface area (Å²) in [6.07, 6.45) is 0.786. The molecule has 16 heteroatoms. The second kappa shape index (κ2) is 11.5. The van der Waals surface area contributed by atoms with E-state index in [1.807, 2.05) is 6.07 Å². The number of aromatic nitrogens is 2. The van der Waals surface area contributed by atoms with Crippen LogP contribution in [-0.2, 0) is 4.79 Å². The van der Waals surface area contributed by atoms with Crippen LogP contribution in [0.4, 0.5) is 32.8 Å². The molecule has 3 atom stereocenters. The van der Waals surface area contributed by atoms with Gasteiger partial charge in [-0.2, -0.15) is 15.2 Å². The predicted molar refractivity (Wildman–Crippen MR) is 175 cm³/mol. The molecule has 3 aliphatic heterocycles. The van der Waals surface area contributed by atoms with Crippen LogP contribution < -0.4 is 15.4 Å². The van der Waals surface area contributed by atoms with Crippen LogP contribution in [0.15, 0.2) is 18.2 Å². The average Bonchev–Trinajstić information content (AvgIpc) is 3.32. The summed E-state index contributed by atoms with van der Waals surface area (Å²) < 4.78 is 80.2. The summed E-state index contributed by atoms with van der Waals surface area (Å²) in [5.41, 5.74) is 5.24. The van der Waals surface area contributed by atoms with Crippen LogP contribution in [-0.4, -0.2) is 82.8 Å². The van der Waals surface area contributed by atoms with E-state index in [4.69, 9.17) is 22.1 Å². The smallest absolute Gasteiger partial charge is 0.319 e. The molecule has 4 aromatic rings. The van der Waals surface area contributed by atoms with Crippen molar-refractivity contribution in [1.82, 2.24) is 19.8 Å². The van der Waals surface area contributed by atoms with Gasteiger partial charge in [-0.05, 0) is 43.5 Å². The molecule has 4 aliphatic rings. The van der Waals surface area contributed by atoms with Crippen molar-refractivity contribution in [3.63, 3.8) is 0 Å². The topological polar surface area (TPSA) is 112 Å². The number of hydrogen-bond donors (Lipinski definition) is 1. The van der Waals surface area contributed by atoms with Crippen molar-refractivity contribution in [3.05, 3.63) is 40.4 Å². The van der Waals surface area contributed by atoms with Gasteiger partial charge in [0.15, 0.2) is 5.82 Å². The molecule has 1 saturated carbocycles. The van der Waals surface area contributed by atoms with Crippen LogP contribution in [0.25, 0.3) is 32.1 Å². The molecule has 256 valence electrons. The molecule has 2 aromatic carbocycles. The standard InChI is InChI=1S/C33H29ClF5N7O2S/c34-21-9-18-26(25(37)24(21)17-3-4-22(36)27-23(17)19(12-40)28(41)49-27)42-31(48-14-32-5-1-8-46(32)13-16(35)10-32)43-29(18)44-6-2-7-45(15-44)30(47)20-11-33(20,38)39/h3-4,9,16,20H,1-2,5-8,10-11,13-15,41H2/t16-,20?,32+/m1/s1. The summed E-state index contributed by atoms with van der Waals surface area (Å²) in [4.78, 5) is 27.1. The van der Waals surface area contributed by atoms with Gasteiger partial charge >= 0.3 is 6.01 Å². The van der Waals surface area contributed by atoms with Gasteiger partial charge in [0.1, 0.15) is 46.9 Å². The zero-order valence-electron chi connectivity index (χ0n) is 25.9. The van der Waals surface area contributed by atoms with E-state index in [-0.39, 0.29) is 85.8 Å². The minimum Gasteiger partial charge on any atom is -0.461 e. The number of hydrogen-bond acceptors (Lipinski definition) is 9. The molecule has 3 saturated heterocycles. The van der Waals surface area contributed by atoms with E-state index in [1.165, 1.54) is 17.0 Å². The molecule has 49 heavy (non-hydrogen) atoms. The van der Waals surface area contributed by atoms with Gasteiger partial charge < -0.3 is 20.3 Å². The highest BCUT2D eigenvalue weighted by atomic mass is 35.5. The number of anilines is 2. The molecule has 0 spiro atoms. The maximum Gasteiger partial charge on any atom is 0.319 e. The summed E-state index contributed by atoms with van der Waals surface area (Å²) in [6.45, 7) is 1.62. The maximum atomic E-state index is 17.0. The lowest BCUT2D eigenvalue weighted by Gasteiger charge is -2.37. The van der Waals surface area contributed by atoms with Crippen LogP contribution in [0.2, 0.25) is 5.02 Å². The number of fused-ring (bicyclic) bond motifs is 3. The van der Waals surface area contributed by atoms with Crippen LogP contribution >= 0.6 is 22.9 Å². The first-order valence-corrected chi connectivity index (χ1v) is 17.1. The van der Waals surface area contributed by atoms with E-state index >= 15 is 4.39 Å². The summed E-state index contributed by atoms with van der Waals surface area (Å²) >= 11 is 7.64. The Morgan fingerprint density at radius 3 is 2.73 bits per heavy atom. The van der Waals surface area contributed by atoms with Crippen molar-refractivity contribution in [2.75, 3.05) is 50.1 Å². The molecule has 0 radical (unpaired) electrons. The zero-order chi connectivity index (χ0) is 34.4. The van der Waals surface area contributed by atoms with Crippen LogP contribution in [0.1, 0.15) is 37.7 Å². The second-order valence-corrected chi connectivity index (χ2v) is 14.7. The lowest BCUT2D eigenvalue weighted by molar-refractivity contribution is -0.135. The molecule has 5 heterocycles. The molecule has 1 unspecified atom stereocenters. The number of thiophene rings is 1. The molecule has 2 N–H and O–H groups in total. The molecule has 9 nitrogen and oxygen atoms in total. The largest absolute Gasteiger partial charge is 0.461 e. The van der Waals surface area contributed by atoms with Gasteiger partial charge in [0.05, 0.1) is 27.5 Å². The first-order chi connectivity index (χ1) is 23.4. The highest BCUT2D eigenvalue weighted by Gasteiger charge is 2.62. The van der Waals surface area contributed by atoms with Gasteiger partial charge in [0.2, 0.25) is 5.91 Å². The Morgan fingerprint density at radius 2 is 1.98 bits per heavy atom. The number of alkyl halides is 3. The third-order valence-corrected chi connectivity index (χ3v) is 11.5. The predicted octanol–water partition coefficient (Wildman–Crippen LogP) is 6.50. The number of rotatable bonds is 6. The second-order valence-electron chi connectivity index (χ2n) is 13.3. The van der Waals surface area contributed by atoms with Crippen molar-refractivity contribution >= 4 is 60.7 Å². The van der Waals surface area contributed by atoms with E-state index in [1.54, 1.807) is 4.90 Å². The van der Waals surface area contributed by atoms with Crippen LogP contribution in [0.3, 0.4) is 0 Å². The number of carbonyl (C=O) groups excluding carboxylic acids is 1. The Morgan fingerprint density at radius 1 is 1.18 bits per heavy atom. The summed E-state index contributed by atoms with van der Waals surface area (Å²) in [7, 11) is 0. The van der Waals surface area contributed by atoms with E-state index < -0.39 is 47.5 Å². The van der Waals surface area contributed by atoms with Crippen LogP contribution in [0.5, 0.6) is 6.01 Å². The molecular weight excluding hydrogens is 689 g/mol. The number of carbonyl (C=O) groups is 1. The lowest BCUT2D eigenvalue weighted by Crippen LogP contribution is -2.49. The lowest BCUT2D eigenvalue weighted by atomic mass is 9.95. The number of nitrogens with zero attached hydrogens (tertiary/aromatic N) is 6. The maximum absolute atomic E-state index is 17.0. The van der Waals surface area contributed by atoms with E-state index in [0.29, 0.717) is 25.9 Å². The Kier molecular flexibility index (Phi) is 7.58. The fourth-order valence-corrected chi connectivity index (χ4v) is 8.97. The Bertz CT molecular complexity index is 2090. The van der Waals surface area contributed by atoms with Gasteiger partial charge in [-0.25, -0.2) is 22.0 Å². The van der Waals surface area contributed by atoms with Crippen molar-refractivity contribution in [3.8, 4) is 23.2 Å². The fraction of sp³-hybridized carbons (Fsp3) is 0.455. The highest BCUT2D eigenvalue weighted by Crippen LogP contribution is 2.50. The minimum atomic E-state index is -3.04.